The standard InChI is InChI=1S/C23H38O3/c1-2-3-4-5-6-7-8-9-10-11-12-13-17-20-23(26,22(24)25)21-18-15-14-16-19-21/h14-16,18-19,26H,2-13,17,20H2,1H3,(H,24,25). The van der Waals surface area contributed by atoms with E-state index >= 15 is 0 Å². The van der Waals surface area contributed by atoms with E-state index in [-0.39, 0.29) is 6.42 Å². The molecule has 0 amide bonds. The highest BCUT2D eigenvalue weighted by atomic mass is 16.4. The van der Waals surface area contributed by atoms with Crippen LogP contribution >= 0.6 is 0 Å². The first kappa shape index (κ1) is 22.7. The molecular formula is C23H38O3. The molecule has 0 saturated carbocycles. The molecule has 0 fully saturated rings. The fourth-order valence-corrected chi connectivity index (χ4v) is 3.49. The van der Waals surface area contributed by atoms with Gasteiger partial charge in [0.2, 0.25) is 0 Å². The minimum absolute atomic E-state index is 0.282. The summed E-state index contributed by atoms with van der Waals surface area (Å²) < 4.78 is 0. The number of hydrogen-bond donors (Lipinski definition) is 2. The maximum atomic E-state index is 11.5. The molecule has 0 saturated heterocycles. The summed E-state index contributed by atoms with van der Waals surface area (Å²) in [6, 6.07) is 8.75. The zero-order chi connectivity index (χ0) is 19.1. The molecule has 0 aliphatic carbocycles. The molecule has 0 aliphatic heterocycles. The van der Waals surface area contributed by atoms with Crippen LogP contribution in [0.3, 0.4) is 0 Å². The predicted octanol–water partition coefficient (Wildman–Crippen LogP) is 6.44. The van der Waals surface area contributed by atoms with E-state index in [2.05, 4.69) is 6.92 Å². The zero-order valence-electron chi connectivity index (χ0n) is 16.6. The maximum Gasteiger partial charge on any atom is 0.340 e. The van der Waals surface area contributed by atoms with Gasteiger partial charge in [-0.05, 0) is 18.4 Å². The summed E-state index contributed by atoms with van der Waals surface area (Å²) in [6.07, 6.45) is 16.5. The highest BCUT2D eigenvalue weighted by Crippen LogP contribution is 2.28. The molecule has 0 aliphatic rings. The van der Waals surface area contributed by atoms with Crippen LogP contribution in [-0.2, 0) is 10.4 Å². The van der Waals surface area contributed by atoms with Crippen LogP contribution in [0, 0.1) is 0 Å². The Kier molecular flexibility index (Phi) is 12.0. The number of unbranched alkanes of at least 4 members (excludes halogenated alkanes) is 12. The number of hydrogen-bond acceptors (Lipinski definition) is 2. The molecule has 3 nitrogen and oxygen atoms in total. The van der Waals surface area contributed by atoms with Crippen LogP contribution in [0.1, 0.15) is 102 Å². The SMILES string of the molecule is CCCCCCCCCCCCCCCC(O)(C(=O)O)c1ccccc1. The first-order valence-corrected chi connectivity index (χ1v) is 10.6. The van der Waals surface area contributed by atoms with E-state index < -0.39 is 11.6 Å². The van der Waals surface area contributed by atoms with Crippen molar-refractivity contribution in [3.63, 3.8) is 0 Å². The van der Waals surface area contributed by atoms with Crippen LogP contribution in [0.2, 0.25) is 0 Å². The molecular weight excluding hydrogens is 324 g/mol. The summed E-state index contributed by atoms with van der Waals surface area (Å²) in [5.74, 6) is -1.15. The van der Waals surface area contributed by atoms with Crippen molar-refractivity contribution < 1.29 is 15.0 Å². The summed E-state index contributed by atoms with van der Waals surface area (Å²) in [5.41, 5.74) is -1.27. The lowest BCUT2D eigenvalue weighted by Gasteiger charge is -2.23. The van der Waals surface area contributed by atoms with Gasteiger partial charge >= 0.3 is 5.97 Å². The Hall–Kier alpha value is -1.35. The number of benzene rings is 1. The number of carboxylic acid groups (broad SMARTS) is 1. The fourth-order valence-electron chi connectivity index (χ4n) is 3.49. The van der Waals surface area contributed by atoms with Crippen molar-refractivity contribution >= 4 is 5.97 Å². The summed E-state index contributed by atoms with van der Waals surface area (Å²) >= 11 is 0. The molecule has 0 radical (unpaired) electrons. The lowest BCUT2D eigenvalue weighted by Crippen LogP contribution is -2.35. The minimum atomic E-state index is -1.75. The average Bonchev–Trinajstić information content (AvgIpc) is 2.65. The summed E-state index contributed by atoms with van der Waals surface area (Å²) in [6.45, 7) is 2.25. The molecule has 3 heteroatoms. The Labute approximate surface area is 159 Å². The normalized spacial score (nSPS) is 13.5. The van der Waals surface area contributed by atoms with Crippen LogP contribution in [-0.4, -0.2) is 16.2 Å². The van der Waals surface area contributed by atoms with E-state index in [1.54, 1.807) is 24.3 Å². The second kappa shape index (κ2) is 13.8. The molecule has 1 aromatic rings. The molecule has 0 bridgehead atoms. The quantitative estimate of drug-likeness (QED) is 0.333. The molecule has 26 heavy (non-hydrogen) atoms. The van der Waals surface area contributed by atoms with Gasteiger partial charge in [0.05, 0.1) is 0 Å². The summed E-state index contributed by atoms with van der Waals surface area (Å²) in [4.78, 5) is 11.5. The number of carbonyl (C=O) groups is 1. The van der Waals surface area contributed by atoms with Crippen molar-refractivity contribution in [2.75, 3.05) is 0 Å². The molecule has 0 spiro atoms. The van der Waals surface area contributed by atoms with E-state index in [4.69, 9.17) is 0 Å². The Morgan fingerprint density at radius 3 is 1.62 bits per heavy atom. The summed E-state index contributed by atoms with van der Waals surface area (Å²) in [7, 11) is 0. The molecule has 1 atom stereocenters. The van der Waals surface area contributed by atoms with E-state index in [0.29, 0.717) is 5.56 Å². The van der Waals surface area contributed by atoms with Crippen LogP contribution < -0.4 is 0 Å². The molecule has 1 rings (SSSR count). The van der Waals surface area contributed by atoms with Gasteiger partial charge in [-0.1, -0.05) is 114 Å². The average molecular weight is 363 g/mol. The third-order valence-corrected chi connectivity index (χ3v) is 5.25. The largest absolute Gasteiger partial charge is 0.479 e. The lowest BCUT2D eigenvalue weighted by atomic mass is 9.88. The minimum Gasteiger partial charge on any atom is -0.479 e. The van der Waals surface area contributed by atoms with E-state index in [9.17, 15) is 15.0 Å². The van der Waals surface area contributed by atoms with Gasteiger partial charge in [-0.25, -0.2) is 4.79 Å². The molecule has 2 N–H and O–H groups in total. The van der Waals surface area contributed by atoms with E-state index in [1.807, 2.05) is 6.07 Å². The van der Waals surface area contributed by atoms with Gasteiger partial charge < -0.3 is 10.2 Å². The second-order valence-electron chi connectivity index (χ2n) is 7.52. The van der Waals surface area contributed by atoms with Crippen molar-refractivity contribution in [2.24, 2.45) is 0 Å². The Bertz CT molecular complexity index is 472. The molecule has 148 valence electrons. The third kappa shape index (κ3) is 8.84. The Morgan fingerprint density at radius 2 is 1.19 bits per heavy atom. The molecule has 0 heterocycles. The van der Waals surface area contributed by atoms with Crippen LogP contribution in [0.25, 0.3) is 0 Å². The zero-order valence-corrected chi connectivity index (χ0v) is 16.6. The molecule has 1 unspecified atom stereocenters. The smallest absolute Gasteiger partial charge is 0.340 e. The number of rotatable bonds is 16. The number of aliphatic hydroxyl groups is 1. The number of carboxylic acids is 1. The van der Waals surface area contributed by atoms with Crippen molar-refractivity contribution in [1.82, 2.24) is 0 Å². The first-order valence-electron chi connectivity index (χ1n) is 10.6. The Morgan fingerprint density at radius 1 is 0.769 bits per heavy atom. The third-order valence-electron chi connectivity index (χ3n) is 5.25. The van der Waals surface area contributed by atoms with E-state index in [0.717, 1.165) is 19.3 Å². The second-order valence-corrected chi connectivity index (χ2v) is 7.52. The van der Waals surface area contributed by atoms with Gasteiger partial charge in [-0.15, -0.1) is 0 Å². The van der Waals surface area contributed by atoms with Gasteiger partial charge in [0.1, 0.15) is 0 Å². The van der Waals surface area contributed by atoms with Gasteiger partial charge in [0.15, 0.2) is 5.60 Å². The van der Waals surface area contributed by atoms with Crippen LogP contribution in [0.5, 0.6) is 0 Å². The van der Waals surface area contributed by atoms with Crippen molar-refractivity contribution in [3.8, 4) is 0 Å². The number of aliphatic carboxylic acids is 1. The summed E-state index contributed by atoms with van der Waals surface area (Å²) in [5, 5.41) is 20.0. The monoisotopic (exact) mass is 362 g/mol. The topological polar surface area (TPSA) is 57.5 Å². The highest BCUT2D eigenvalue weighted by Gasteiger charge is 2.37. The van der Waals surface area contributed by atoms with Crippen LogP contribution in [0.4, 0.5) is 0 Å². The predicted molar refractivity (Wildman–Crippen MR) is 108 cm³/mol. The van der Waals surface area contributed by atoms with Crippen molar-refractivity contribution in [2.45, 2.75) is 102 Å². The Balaban J connectivity index is 2.06. The first-order chi connectivity index (χ1) is 12.6. The van der Waals surface area contributed by atoms with E-state index in [1.165, 1.54) is 64.2 Å². The van der Waals surface area contributed by atoms with Crippen LogP contribution in [0.15, 0.2) is 30.3 Å². The molecule has 1 aromatic carbocycles. The van der Waals surface area contributed by atoms with Gasteiger partial charge in [0.25, 0.3) is 0 Å². The maximum absolute atomic E-state index is 11.5. The molecule has 0 aromatic heterocycles. The lowest BCUT2D eigenvalue weighted by molar-refractivity contribution is -0.160. The van der Waals surface area contributed by atoms with Gasteiger partial charge in [0, 0.05) is 0 Å². The van der Waals surface area contributed by atoms with Gasteiger partial charge in [-0.2, -0.15) is 0 Å². The highest BCUT2D eigenvalue weighted by molar-refractivity contribution is 5.79. The van der Waals surface area contributed by atoms with Gasteiger partial charge in [-0.3, -0.25) is 0 Å². The van der Waals surface area contributed by atoms with Crippen molar-refractivity contribution in [3.05, 3.63) is 35.9 Å². The fraction of sp³-hybridized carbons (Fsp3) is 0.696. The van der Waals surface area contributed by atoms with Crippen molar-refractivity contribution in [1.29, 1.82) is 0 Å².